The predicted octanol–water partition coefficient (Wildman–Crippen LogP) is 7.26. The van der Waals surface area contributed by atoms with Crippen molar-refractivity contribution in [3.8, 4) is 0 Å². The molecule has 2 atom stereocenters. The molecular formula is C28H54O5. The summed E-state index contributed by atoms with van der Waals surface area (Å²) in [4.78, 5) is 0. The summed E-state index contributed by atoms with van der Waals surface area (Å²) in [7, 11) is 0. The highest BCUT2D eigenvalue weighted by Crippen LogP contribution is 2.27. The maximum Gasteiger partial charge on any atom is 0.157 e. The second kappa shape index (κ2) is 16.5. The molecule has 0 aromatic heterocycles. The van der Waals surface area contributed by atoms with Crippen molar-refractivity contribution in [3.63, 3.8) is 0 Å². The average Bonchev–Trinajstić information content (AvgIpc) is 2.81. The van der Waals surface area contributed by atoms with Gasteiger partial charge in [-0.15, -0.1) is 0 Å². The van der Waals surface area contributed by atoms with Gasteiger partial charge in [-0.25, -0.2) is 0 Å². The molecule has 2 aliphatic rings. The van der Waals surface area contributed by atoms with Gasteiger partial charge in [0.05, 0.1) is 13.2 Å². The summed E-state index contributed by atoms with van der Waals surface area (Å²) in [5.74, 6) is 0. The normalized spacial score (nSPS) is 22.5. The van der Waals surface area contributed by atoms with E-state index in [1.807, 2.05) is 0 Å². The van der Waals surface area contributed by atoms with Gasteiger partial charge in [-0.3, -0.25) is 0 Å². The van der Waals surface area contributed by atoms with Gasteiger partial charge < -0.3 is 23.7 Å². The van der Waals surface area contributed by atoms with Gasteiger partial charge in [0.1, 0.15) is 0 Å². The van der Waals surface area contributed by atoms with Crippen LogP contribution in [0.2, 0.25) is 0 Å². The molecule has 2 rings (SSSR count). The fraction of sp³-hybridized carbons (Fsp3) is 1.00. The first-order valence-electron chi connectivity index (χ1n) is 13.9. The van der Waals surface area contributed by atoms with Gasteiger partial charge in [0, 0.05) is 26.4 Å². The van der Waals surface area contributed by atoms with E-state index in [0.29, 0.717) is 0 Å². The minimum Gasteiger partial charge on any atom is -0.381 e. The molecule has 33 heavy (non-hydrogen) atoms. The third kappa shape index (κ3) is 14.7. The summed E-state index contributed by atoms with van der Waals surface area (Å²) in [5, 5.41) is 0. The lowest BCUT2D eigenvalue weighted by Crippen LogP contribution is -2.28. The standard InChI is InChI=1S/C28H54O5/c1-27(2,23-32-25-15-7-13-21-30-25)17-9-5-11-19-29-20-12-6-10-18-28(3,4)24-33-26-16-8-14-22-31-26/h25-26H,5-24H2,1-4H3. The Kier molecular flexibility index (Phi) is 14.5. The highest BCUT2D eigenvalue weighted by molar-refractivity contribution is 4.70. The smallest absolute Gasteiger partial charge is 0.157 e. The lowest BCUT2D eigenvalue weighted by molar-refractivity contribution is -0.176. The third-order valence-corrected chi connectivity index (χ3v) is 6.88. The monoisotopic (exact) mass is 470 g/mol. The second-order valence-electron chi connectivity index (χ2n) is 11.8. The van der Waals surface area contributed by atoms with Crippen molar-refractivity contribution in [3.05, 3.63) is 0 Å². The first kappa shape index (κ1) is 29.0. The Hall–Kier alpha value is -0.200. The predicted molar refractivity (Wildman–Crippen MR) is 134 cm³/mol. The van der Waals surface area contributed by atoms with Gasteiger partial charge >= 0.3 is 0 Å². The van der Waals surface area contributed by atoms with Crippen molar-refractivity contribution in [2.75, 3.05) is 39.6 Å². The molecule has 2 fully saturated rings. The summed E-state index contributed by atoms with van der Waals surface area (Å²) in [6, 6.07) is 0. The Labute approximate surface area is 204 Å². The Morgan fingerprint density at radius 2 is 1.06 bits per heavy atom. The molecule has 5 nitrogen and oxygen atoms in total. The van der Waals surface area contributed by atoms with Gasteiger partial charge in [-0.1, -0.05) is 53.4 Å². The fourth-order valence-corrected chi connectivity index (χ4v) is 4.54. The zero-order chi connectivity index (χ0) is 23.8. The summed E-state index contributed by atoms with van der Waals surface area (Å²) < 4.78 is 29.2. The quantitative estimate of drug-likeness (QED) is 0.197. The SMILES string of the molecule is CC(C)(CCCCCOCCCCCC(C)(C)COC1CCCCO1)COC1CCCCO1. The molecule has 0 aromatic carbocycles. The van der Waals surface area contributed by atoms with Crippen LogP contribution < -0.4 is 0 Å². The molecular weight excluding hydrogens is 416 g/mol. The van der Waals surface area contributed by atoms with E-state index < -0.39 is 0 Å². The summed E-state index contributed by atoms with van der Waals surface area (Å²) in [5.41, 5.74) is 0.452. The Morgan fingerprint density at radius 1 is 0.606 bits per heavy atom. The van der Waals surface area contributed by atoms with Crippen LogP contribution in [0.15, 0.2) is 0 Å². The maximum absolute atomic E-state index is 5.99. The van der Waals surface area contributed by atoms with Crippen LogP contribution in [0.5, 0.6) is 0 Å². The number of hydrogen-bond donors (Lipinski definition) is 0. The Bertz CT molecular complexity index is 425. The molecule has 0 N–H and O–H groups in total. The van der Waals surface area contributed by atoms with Crippen LogP contribution in [-0.2, 0) is 23.7 Å². The minimum absolute atomic E-state index is 0.0296. The number of rotatable bonds is 18. The van der Waals surface area contributed by atoms with Crippen LogP contribution in [0, 0.1) is 10.8 Å². The lowest BCUT2D eigenvalue weighted by Gasteiger charge is -2.29. The van der Waals surface area contributed by atoms with E-state index in [1.165, 1.54) is 64.2 Å². The van der Waals surface area contributed by atoms with Crippen LogP contribution >= 0.6 is 0 Å². The summed E-state index contributed by atoms with van der Waals surface area (Å²) in [6.07, 6.45) is 16.7. The van der Waals surface area contributed by atoms with E-state index in [1.54, 1.807) is 0 Å². The highest BCUT2D eigenvalue weighted by Gasteiger charge is 2.23. The second-order valence-corrected chi connectivity index (χ2v) is 11.8. The summed E-state index contributed by atoms with van der Waals surface area (Å²) >= 11 is 0. The van der Waals surface area contributed by atoms with Crippen LogP contribution in [0.4, 0.5) is 0 Å². The molecule has 0 radical (unpaired) electrons. The summed E-state index contributed by atoms with van der Waals surface area (Å²) in [6.45, 7) is 14.3. The van der Waals surface area contributed by atoms with E-state index in [9.17, 15) is 0 Å². The van der Waals surface area contributed by atoms with Gasteiger partial charge in [-0.05, 0) is 75.0 Å². The van der Waals surface area contributed by atoms with Gasteiger partial charge in [-0.2, -0.15) is 0 Å². The van der Waals surface area contributed by atoms with Gasteiger partial charge in [0.25, 0.3) is 0 Å². The molecule has 2 aliphatic heterocycles. The van der Waals surface area contributed by atoms with Gasteiger partial charge in [0.15, 0.2) is 12.6 Å². The molecule has 2 saturated heterocycles. The van der Waals surface area contributed by atoms with Crippen LogP contribution in [-0.4, -0.2) is 52.2 Å². The van der Waals surface area contributed by atoms with Crippen LogP contribution in [0.1, 0.15) is 118 Å². The molecule has 5 heteroatoms. The first-order valence-corrected chi connectivity index (χ1v) is 13.9. The maximum atomic E-state index is 5.99. The molecule has 2 unspecified atom stereocenters. The topological polar surface area (TPSA) is 46.2 Å². The van der Waals surface area contributed by atoms with Crippen molar-refractivity contribution in [1.82, 2.24) is 0 Å². The molecule has 0 aromatic rings. The zero-order valence-electron chi connectivity index (χ0n) is 22.3. The number of hydrogen-bond acceptors (Lipinski definition) is 5. The largest absolute Gasteiger partial charge is 0.381 e. The lowest BCUT2D eigenvalue weighted by atomic mass is 9.88. The van der Waals surface area contributed by atoms with Crippen molar-refractivity contribution in [1.29, 1.82) is 0 Å². The minimum atomic E-state index is 0.0296. The van der Waals surface area contributed by atoms with E-state index >= 15 is 0 Å². The average molecular weight is 471 g/mol. The van der Waals surface area contributed by atoms with E-state index in [0.717, 1.165) is 65.3 Å². The molecule has 2 heterocycles. The van der Waals surface area contributed by atoms with Crippen molar-refractivity contribution >= 4 is 0 Å². The molecule has 0 spiro atoms. The van der Waals surface area contributed by atoms with Crippen molar-refractivity contribution in [2.45, 2.75) is 130 Å². The fourth-order valence-electron chi connectivity index (χ4n) is 4.54. The zero-order valence-corrected chi connectivity index (χ0v) is 22.3. The molecule has 0 amide bonds. The molecule has 196 valence electrons. The van der Waals surface area contributed by atoms with Crippen molar-refractivity contribution in [2.24, 2.45) is 10.8 Å². The Morgan fingerprint density at radius 3 is 1.45 bits per heavy atom. The number of unbranched alkanes of at least 4 members (excludes halogenated alkanes) is 4. The van der Waals surface area contributed by atoms with E-state index in [2.05, 4.69) is 27.7 Å². The molecule has 0 aliphatic carbocycles. The first-order chi connectivity index (χ1) is 15.9. The highest BCUT2D eigenvalue weighted by atomic mass is 16.7. The van der Waals surface area contributed by atoms with Crippen molar-refractivity contribution < 1.29 is 23.7 Å². The Balaban J connectivity index is 1.35. The third-order valence-electron chi connectivity index (χ3n) is 6.88. The van der Waals surface area contributed by atoms with Crippen LogP contribution in [0.25, 0.3) is 0 Å². The van der Waals surface area contributed by atoms with Gasteiger partial charge in [0.2, 0.25) is 0 Å². The molecule has 0 bridgehead atoms. The number of ether oxygens (including phenoxy) is 5. The van der Waals surface area contributed by atoms with E-state index in [4.69, 9.17) is 23.7 Å². The van der Waals surface area contributed by atoms with E-state index in [-0.39, 0.29) is 23.4 Å². The van der Waals surface area contributed by atoms with Crippen LogP contribution in [0.3, 0.4) is 0 Å². The molecule has 0 saturated carbocycles.